The predicted molar refractivity (Wildman–Crippen MR) is 32.8 cm³/mol. The molecular formula is C4H5N5O. The van der Waals surface area contributed by atoms with Crippen LogP contribution in [0.1, 0.15) is 10.5 Å². The third-order valence-electron chi connectivity index (χ3n) is 0.880. The molecule has 10 heavy (non-hydrogen) atoms. The summed E-state index contributed by atoms with van der Waals surface area (Å²) in [5.41, 5.74) is 10.0. The van der Waals surface area contributed by atoms with Crippen LogP contribution in [0.2, 0.25) is 0 Å². The topological polar surface area (TPSA) is 108 Å². The van der Waals surface area contributed by atoms with Gasteiger partial charge in [-0.1, -0.05) is 0 Å². The van der Waals surface area contributed by atoms with Crippen LogP contribution in [0.15, 0.2) is 6.33 Å². The van der Waals surface area contributed by atoms with Crippen LogP contribution in [0.3, 0.4) is 0 Å². The van der Waals surface area contributed by atoms with E-state index in [0.717, 1.165) is 6.33 Å². The maximum Gasteiger partial charge on any atom is 0.271 e. The molecule has 0 radical (unpaired) electrons. The molecule has 0 fully saturated rings. The Labute approximate surface area is 56.3 Å². The number of carbonyl (C=O) groups excluding carboxylic acids is 1. The number of nitrogen functional groups attached to an aromatic ring is 1. The molecule has 0 aromatic carbocycles. The first-order chi connectivity index (χ1) is 4.72. The fourth-order valence-corrected chi connectivity index (χ4v) is 0.475. The van der Waals surface area contributed by atoms with Crippen molar-refractivity contribution in [3.05, 3.63) is 12.0 Å². The summed E-state index contributed by atoms with van der Waals surface area (Å²) in [5, 5.41) is 6.70. The summed E-state index contributed by atoms with van der Waals surface area (Å²) in [6.07, 6.45) is 1.11. The lowest BCUT2D eigenvalue weighted by atomic mass is 10.4. The largest absolute Gasteiger partial charge is 0.380 e. The van der Waals surface area contributed by atoms with Gasteiger partial charge in [0.1, 0.15) is 6.33 Å². The van der Waals surface area contributed by atoms with Crippen LogP contribution in [-0.4, -0.2) is 21.1 Å². The second kappa shape index (κ2) is 2.26. The normalized spacial score (nSPS) is 9.20. The molecule has 0 aliphatic carbocycles. The summed E-state index contributed by atoms with van der Waals surface area (Å²) in [5.74, 6) is -0.748. The standard InChI is InChI=1S/C4H5N5O/c5-3-2(4(6)10)7-1-8-9-3/h1H,(H2,5,9)(H2,6,10). The number of anilines is 1. The van der Waals surface area contributed by atoms with Gasteiger partial charge in [-0.05, 0) is 0 Å². The maximum absolute atomic E-state index is 10.4. The Morgan fingerprint density at radius 2 is 2.30 bits per heavy atom. The number of amides is 1. The van der Waals surface area contributed by atoms with Crippen LogP contribution >= 0.6 is 0 Å². The summed E-state index contributed by atoms with van der Waals surface area (Å²) < 4.78 is 0. The smallest absolute Gasteiger partial charge is 0.271 e. The second-order valence-corrected chi connectivity index (χ2v) is 1.56. The SMILES string of the molecule is NC(=O)c1ncnnc1N. The molecule has 0 saturated carbocycles. The van der Waals surface area contributed by atoms with Crippen LogP contribution in [-0.2, 0) is 0 Å². The van der Waals surface area contributed by atoms with Gasteiger partial charge in [0, 0.05) is 0 Å². The number of carbonyl (C=O) groups is 1. The van der Waals surface area contributed by atoms with E-state index in [0.29, 0.717) is 0 Å². The van der Waals surface area contributed by atoms with Crippen molar-refractivity contribution in [3.8, 4) is 0 Å². The van der Waals surface area contributed by atoms with Crippen LogP contribution < -0.4 is 11.5 Å². The van der Waals surface area contributed by atoms with Gasteiger partial charge in [0.2, 0.25) is 0 Å². The average molecular weight is 139 g/mol. The minimum absolute atomic E-state index is 0.0463. The first-order valence-electron chi connectivity index (χ1n) is 2.45. The molecule has 1 heterocycles. The van der Waals surface area contributed by atoms with Gasteiger partial charge in [0.15, 0.2) is 11.5 Å². The monoisotopic (exact) mass is 139 g/mol. The molecule has 1 amide bonds. The molecule has 0 aliphatic rings. The van der Waals surface area contributed by atoms with Crippen molar-refractivity contribution in [2.75, 3.05) is 5.73 Å². The zero-order valence-electron chi connectivity index (χ0n) is 4.98. The summed E-state index contributed by atoms with van der Waals surface area (Å²) in [7, 11) is 0. The van der Waals surface area contributed by atoms with E-state index in [1.165, 1.54) is 0 Å². The Morgan fingerprint density at radius 3 is 2.70 bits per heavy atom. The quantitative estimate of drug-likeness (QED) is 0.495. The van der Waals surface area contributed by atoms with Crippen molar-refractivity contribution < 1.29 is 4.79 Å². The van der Waals surface area contributed by atoms with Crippen molar-refractivity contribution in [2.24, 2.45) is 5.73 Å². The number of primary amides is 1. The molecule has 0 bridgehead atoms. The zero-order valence-corrected chi connectivity index (χ0v) is 4.98. The lowest BCUT2D eigenvalue weighted by Gasteiger charge is -1.93. The van der Waals surface area contributed by atoms with E-state index in [2.05, 4.69) is 15.2 Å². The van der Waals surface area contributed by atoms with Crippen molar-refractivity contribution in [3.63, 3.8) is 0 Å². The van der Waals surface area contributed by atoms with E-state index in [1.807, 2.05) is 0 Å². The average Bonchev–Trinajstić information content (AvgIpc) is 1.88. The van der Waals surface area contributed by atoms with E-state index in [-0.39, 0.29) is 11.5 Å². The maximum atomic E-state index is 10.4. The molecule has 0 unspecified atom stereocenters. The van der Waals surface area contributed by atoms with Gasteiger partial charge in [-0.15, -0.1) is 10.2 Å². The number of nitrogens with zero attached hydrogens (tertiary/aromatic N) is 3. The molecule has 4 N–H and O–H groups in total. The van der Waals surface area contributed by atoms with E-state index >= 15 is 0 Å². The molecule has 1 rings (SSSR count). The van der Waals surface area contributed by atoms with Gasteiger partial charge in [0.25, 0.3) is 5.91 Å². The fourth-order valence-electron chi connectivity index (χ4n) is 0.475. The van der Waals surface area contributed by atoms with E-state index < -0.39 is 5.91 Å². The van der Waals surface area contributed by atoms with Gasteiger partial charge in [-0.3, -0.25) is 4.79 Å². The van der Waals surface area contributed by atoms with Gasteiger partial charge in [-0.25, -0.2) is 4.98 Å². The zero-order chi connectivity index (χ0) is 7.56. The van der Waals surface area contributed by atoms with Crippen LogP contribution in [0.4, 0.5) is 5.82 Å². The van der Waals surface area contributed by atoms with E-state index in [1.54, 1.807) is 0 Å². The minimum atomic E-state index is -0.701. The summed E-state index contributed by atoms with van der Waals surface area (Å²) in [6, 6.07) is 0. The summed E-state index contributed by atoms with van der Waals surface area (Å²) >= 11 is 0. The van der Waals surface area contributed by atoms with Gasteiger partial charge in [-0.2, -0.15) is 0 Å². The highest BCUT2D eigenvalue weighted by molar-refractivity contribution is 5.94. The Balaban J connectivity index is 3.15. The Kier molecular flexibility index (Phi) is 1.44. The molecule has 52 valence electrons. The Bertz CT molecular complexity index is 260. The van der Waals surface area contributed by atoms with Crippen molar-refractivity contribution in [1.82, 2.24) is 15.2 Å². The Hall–Kier alpha value is -1.72. The second-order valence-electron chi connectivity index (χ2n) is 1.56. The highest BCUT2D eigenvalue weighted by atomic mass is 16.1. The number of hydrogen-bond acceptors (Lipinski definition) is 5. The van der Waals surface area contributed by atoms with Crippen molar-refractivity contribution in [2.45, 2.75) is 0 Å². The highest BCUT2D eigenvalue weighted by Gasteiger charge is 2.06. The minimum Gasteiger partial charge on any atom is -0.380 e. The number of nitrogens with two attached hydrogens (primary N) is 2. The fraction of sp³-hybridized carbons (Fsp3) is 0. The molecule has 0 spiro atoms. The molecule has 6 heteroatoms. The highest BCUT2D eigenvalue weighted by Crippen LogP contribution is 1.97. The molecule has 0 aliphatic heterocycles. The van der Waals surface area contributed by atoms with Crippen molar-refractivity contribution in [1.29, 1.82) is 0 Å². The van der Waals surface area contributed by atoms with Crippen LogP contribution in [0.25, 0.3) is 0 Å². The number of hydrogen-bond donors (Lipinski definition) is 2. The van der Waals surface area contributed by atoms with Gasteiger partial charge >= 0.3 is 0 Å². The van der Waals surface area contributed by atoms with Crippen LogP contribution in [0.5, 0.6) is 0 Å². The molecule has 1 aromatic rings. The first-order valence-corrected chi connectivity index (χ1v) is 2.45. The molecule has 6 nitrogen and oxygen atoms in total. The number of rotatable bonds is 1. The third kappa shape index (κ3) is 0.993. The van der Waals surface area contributed by atoms with Crippen LogP contribution in [0, 0.1) is 0 Å². The van der Waals surface area contributed by atoms with Crippen molar-refractivity contribution >= 4 is 11.7 Å². The Morgan fingerprint density at radius 1 is 1.60 bits per heavy atom. The van der Waals surface area contributed by atoms with E-state index in [4.69, 9.17) is 11.5 Å². The lowest BCUT2D eigenvalue weighted by Crippen LogP contribution is -2.16. The summed E-state index contributed by atoms with van der Waals surface area (Å²) in [4.78, 5) is 13.9. The molecule has 0 saturated heterocycles. The summed E-state index contributed by atoms with van der Waals surface area (Å²) in [6.45, 7) is 0. The molecule has 0 atom stereocenters. The third-order valence-corrected chi connectivity index (χ3v) is 0.880. The van der Waals surface area contributed by atoms with Gasteiger partial charge in [0.05, 0.1) is 0 Å². The molecular weight excluding hydrogens is 134 g/mol. The first kappa shape index (κ1) is 6.40. The lowest BCUT2D eigenvalue weighted by molar-refractivity contribution is 0.0996. The van der Waals surface area contributed by atoms with E-state index in [9.17, 15) is 4.79 Å². The predicted octanol–water partition coefficient (Wildman–Crippen LogP) is -1.45. The molecule has 1 aromatic heterocycles. The number of aromatic nitrogens is 3. The van der Waals surface area contributed by atoms with Gasteiger partial charge < -0.3 is 11.5 Å².